The van der Waals surface area contributed by atoms with Crippen LogP contribution in [0.5, 0.6) is 0 Å². The van der Waals surface area contributed by atoms with Crippen LogP contribution in [0.1, 0.15) is 6.42 Å². The molecule has 6 heavy (non-hydrogen) atoms. The van der Waals surface area contributed by atoms with Gasteiger partial charge in [-0.3, -0.25) is 6.08 Å². The van der Waals surface area contributed by atoms with E-state index in [0.717, 1.165) is 6.42 Å². The molecule has 0 radical (unpaired) electrons. The molecule has 0 fully saturated rings. The molecule has 0 aromatic rings. The predicted molar refractivity (Wildman–Crippen MR) is 21.6 cm³/mol. The van der Waals surface area contributed by atoms with Crippen LogP contribution in [0.3, 0.4) is 0 Å². The quantitative estimate of drug-likeness (QED) is 0.334. The molecule has 0 heterocycles. The summed E-state index contributed by atoms with van der Waals surface area (Å²) in [6.07, 6.45) is 10.0. The Morgan fingerprint density at radius 2 is 2.33 bits per heavy atom. The van der Waals surface area contributed by atoms with Gasteiger partial charge < -0.3 is 0 Å². The maximum absolute atomic E-state index is 2.92. The fourth-order valence-electron chi connectivity index (χ4n) is 0.340. The third-order valence-corrected chi connectivity index (χ3v) is 0.586. The first-order valence-electron chi connectivity index (χ1n) is 1.73. The maximum atomic E-state index is 2.92. The predicted octanol–water partition coefficient (Wildman–Crippen LogP) is 1.30. The van der Waals surface area contributed by atoms with E-state index < -0.39 is 0 Å². The summed E-state index contributed by atoms with van der Waals surface area (Å²) < 4.78 is 0. The molecule has 1 rings (SSSR count). The first-order chi connectivity index (χ1) is 2.50. The smallest absolute Gasteiger partial charge is 0 e. The topological polar surface area (TPSA) is 0 Å². The van der Waals surface area contributed by atoms with Crippen molar-refractivity contribution in [1.82, 2.24) is 0 Å². The molecule has 0 unspecified atom stereocenters. The first-order valence-corrected chi connectivity index (χ1v) is 1.73. The molecule has 0 N–H and O–H groups in total. The van der Waals surface area contributed by atoms with Crippen molar-refractivity contribution in [2.45, 2.75) is 6.42 Å². The van der Waals surface area contributed by atoms with E-state index >= 15 is 0 Å². The van der Waals surface area contributed by atoms with Crippen LogP contribution in [0.2, 0.25) is 0 Å². The average Bonchev–Trinajstić information content (AvgIpc) is 1.76. The minimum absolute atomic E-state index is 0. The third kappa shape index (κ3) is 1.44. The van der Waals surface area contributed by atoms with Crippen molar-refractivity contribution in [2.24, 2.45) is 0 Å². The Kier molecular flexibility index (Phi) is 3.20. The minimum atomic E-state index is 0. The van der Waals surface area contributed by atoms with Gasteiger partial charge in [0, 0.05) is 17.1 Å². The van der Waals surface area contributed by atoms with Gasteiger partial charge in [-0.2, -0.15) is 6.08 Å². The van der Waals surface area contributed by atoms with E-state index in [1.54, 1.807) is 0 Å². The van der Waals surface area contributed by atoms with Gasteiger partial charge in [-0.05, 0) is 0 Å². The van der Waals surface area contributed by atoms with Crippen LogP contribution in [0.4, 0.5) is 0 Å². The fourth-order valence-corrected chi connectivity index (χ4v) is 0.340. The number of allylic oxidation sites excluding steroid dienone is 4. The summed E-state index contributed by atoms with van der Waals surface area (Å²) >= 11 is 0. The summed E-state index contributed by atoms with van der Waals surface area (Å²) in [5, 5.41) is 0. The van der Waals surface area contributed by atoms with E-state index in [1.165, 1.54) is 0 Å². The molecular formula is C5H5Fe-. The molecule has 0 bridgehead atoms. The van der Waals surface area contributed by atoms with Gasteiger partial charge in [-0.1, -0.05) is 0 Å². The number of hydrogen-bond acceptors (Lipinski definition) is 0. The Hall–Kier alpha value is -0.000519. The molecule has 1 heteroatoms. The molecule has 0 amide bonds. The van der Waals surface area contributed by atoms with Crippen LogP contribution in [0.25, 0.3) is 0 Å². The van der Waals surface area contributed by atoms with Crippen molar-refractivity contribution in [1.29, 1.82) is 0 Å². The van der Waals surface area contributed by atoms with Gasteiger partial charge in [-0.15, -0.1) is 6.42 Å². The largest absolute Gasteiger partial charge is 0.256 e. The van der Waals surface area contributed by atoms with Crippen molar-refractivity contribution < 1.29 is 17.1 Å². The summed E-state index contributed by atoms with van der Waals surface area (Å²) in [7, 11) is 0. The SMILES string of the molecule is [C-]1=CCC=C1.[Fe]. The molecule has 0 aromatic carbocycles. The van der Waals surface area contributed by atoms with Crippen molar-refractivity contribution in [3.05, 3.63) is 24.3 Å². The second kappa shape index (κ2) is 3.20. The standard InChI is InChI=1S/C5H5.Fe/c1-2-4-5-3-1;/h1-2,5H,3H2;/q-1;. The summed E-state index contributed by atoms with van der Waals surface area (Å²) in [6, 6.07) is 0. The van der Waals surface area contributed by atoms with Crippen LogP contribution < -0.4 is 0 Å². The van der Waals surface area contributed by atoms with Gasteiger partial charge in [0.2, 0.25) is 0 Å². The van der Waals surface area contributed by atoms with E-state index in [9.17, 15) is 0 Å². The maximum Gasteiger partial charge on any atom is 0 e. The van der Waals surface area contributed by atoms with E-state index in [1.807, 2.05) is 12.2 Å². The fraction of sp³-hybridized carbons (Fsp3) is 0.200. The molecule has 0 saturated carbocycles. The summed E-state index contributed by atoms with van der Waals surface area (Å²) in [5.41, 5.74) is 0. The summed E-state index contributed by atoms with van der Waals surface area (Å²) in [5.74, 6) is 0. The Balaban J connectivity index is 0.000000250. The van der Waals surface area contributed by atoms with Gasteiger partial charge >= 0.3 is 0 Å². The van der Waals surface area contributed by atoms with Gasteiger partial charge in [0.1, 0.15) is 0 Å². The minimum Gasteiger partial charge on any atom is -0.256 e. The summed E-state index contributed by atoms with van der Waals surface area (Å²) in [4.78, 5) is 0. The molecule has 0 spiro atoms. The van der Waals surface area contributed by atoms with Crippen LogP contribution >= 0.6 is 0 Å². The molecule has 0 atom stereocenters. The monoisotopic (exact) mass is 121 g/mol. The number of hydrogen-bond donors (Lipinski definition) is 0. The zero-order valence-corrected chi connectivity index (χ0v) is 4.40. The van der Waals surface area contributed by atoms with Gasteiger partial charge in [-0.25, -0.2) is 12.2 Å². The van der Waals surface area contributed by atoms with E-state index in [2.05, 4.69) is 12.2 Å². The van der Waals surface area contributed by atoms with Crippen molar-refractivity contribution in [2.75, 3.05) is 0 Å². The van der Waals surface area contributed by atoms with E-state index in [-0.39, 0.29) is 17.1 Å². The Morgan fingerprint density at radius 1 is 1.50 bits per heavy atom. The zero-order valence-electron chi connectivity index (χ0n) is 3.29. The van der Waals surface area contributed by atoms with E-state index in [0.29, 0.717) is 0 Å². The van der Waals surface area contributed by atoms with Crippen LogP contribution in [-0.2, 0) is 17.1 Å². The molecule has 0 aliphatic heterocycles. The van der Waals surface area contributed by atoms with E-state index in [4.69, 9.17) is 0 Å². The molecule has 1 aliphatic carbocycles. The molecule has 0 aromatic heterocycles. The molecular weight excluding hydrogens is 116 g/mol. The first kappa shape index (κ1) is 6.00. The average molecular weight is 121 g/mol. The Morgan fingerprint density at radius 3 is 2.50 bits per heavy atom. The molecule has 34 valence electrons. The summed E-state index contributed by atoms with van der Waals surface area (Å²) in [6.45, 7) is 0. The molecule has 1 aliphatic rings. The van der Waals surface area contributed by atoms with Gasteiger partial charge in [0.05, 0.1) is 0 Å². The Labute approximate surface area is 48.4 Å². The van der Waals surface area contributed by atoms with Gasteiger partial charge in [0.25, 0.3) is 0 Å². The van der Waals surface area contributed by atoms with Crippen molar-refractivity contribution in [3.8, 4) is 0 Å². The molecule has 0 nitrogen and oxygen atoms in total. The van der Waals surface area contributed by atoms with Crippen LogP contribution in [-0.4, -0.2) is 0 Å². The van der Waals surface area contributed by atoms with Crippen LogP contribution in [0, 0.1) is 6.08 Å². The van der Waals surface area contributed by atoms with Crippen molar-refractivity contribution in [3.63, 3.8) is 0 Å². The third-order valence-electron chi connectivity index (χ3n) is 0.586. The van der Waals surface area contributed by atoms with Crippen molar-refractivity contribution >= 4 is 0 Å². The van der Waals surface area contributed by atoms with Gasteiger partial charge in [0.15, 0.2) is 0 Å². The zero-order chi connectivity index (χ0) is 3.54. The Bertz CT molecular complexity index is 62.0. The number of rotatable bonds is 0. The molecule has 0 saturated heterocycles. The normalized spacial score (nSPS) is 14.7. The second-order valence-electron chi connectivity index (χ2n) is 1.01. The van der Waals surface area contributed by atoms with Crippen LogP contribution in [0.15, 0.2) is 18.2 Å². The second-order valence-corrected chi connectivity index (χ2v) is 1.01.